The van der Waals surface area contributed by atoms with Crippen molar-refractivity contribution in [3.63, 3.8) is 0 Å². The van der Waals surface area contributed by atoms with E-state index in [9.17, 15) is 4.79 Å². The van der Waals surface area contributed by atoms with Crippen molar-refractivity contribution in [1.82, 2.24) is 4.90 Å². The summed E-state index contributed by atoms with van der Waals surface area (Å²) in [6.07, 6.45) is 2.16. The zero-order chi connectivity index (χ0) is 16.1. The van der Waals surface area contributed by atoms with Gasteiger partial charge in [0.15, 0.2) is 0 Å². The largest absolute Gasteiger partial charge is 0.493 e. The number of hydrogen-bond donors (Lipinski definition) is 0. The highest BCUT2D eigenvalue weighted by Gasteiger charge is 2.24. The maximum absolute atomic E-state index is 12.7. The van der Waals surface area contributed by atoms with Crippen molar-refractivity contribution in [1.29, 1.82) is 0 Å². The molecule has 3 heteroatoms. The average Bonchev–Trinajstić information content (AvgIpc) is 2.60. The molecule has 0 aliphatic carbocycles. The molecule has 0 spiro atoms. The smallest absolute Gasteiger partial charge is 0.253 e. The Balaban J connectivity index is 1.58. The van der Waals surface area contributed by atoms with Crippen LogP contribution in [0.5, 0.6) is 5.75 Å². The molecule has 120 valence electrons. The second-order valence-corrected chi connectivity index (χ2v) is 6.25. The van der Waals surface area contributed by atoms with E-state index in [0.717, 1.165) is 42.8 Å². The zero-order valence-corrected chi connectivity index (χ0v) is 13.6. The van der Waals surface area contributed by atoms with Crippen LogP contribution < -0.4 is 4.74 Å². The number of carbonyl (C=O) groups excluding carboxylic acids is 1. The summed E-state index contributed by atoms with van der Waals surface area (Å²) in [4.78, 5) is 14.6. The molecule has 1 atom stereocenters. The lowest BCUT2D eigenvalue weighted by atomic mass is 9.98. The quantitative estimate of drug-likeness (QED) is 0.856. The number of nitrogens with zero attached hydrogens (tertiary/aromatic N) is 1. The van der Waals surface area contributed by atoms with Crippen LogP contribution in [-0.2, 0) is 0 Å². The summed E-state index contributed by atoms with van der Waals surface area (Å²) in [7, 11) is 0. The van der Waals surface area contributed by atoms with E-state index in [1.54, 1.807) is 0 Å². The second kappa shape index (κ2) is 7.32. The topological polar surface area (TPSA) is 29.5 Å². The molecule has 2 aromatic carbocycles. The monoisotopic (exact) mass is 309 g/mol. The number of aryl methyl sites for hydroxylation is 1. The lowest BCUT2D eigenvalue weighted by molar-refractivity contribution is 0.0633. The van der Waals surface area contributed by atoms with Crippen molar-refractivity contribution in [2.24, 2.45) is 5.92 Å². The van der Waals surface area contributed by atoms with Crippen LogP contribution >= 0.6 is 0 Å². The number of piperidine rings is 1. The SMILES string of the molecule is Cc1cccc(C(=O)N2CCCC(COc3ccccc3)C2)c1. The van der Waals surface area contributed by atoms with Crippen molar-refractivity contribution < 1.29 is 9.53 Å². The van der Waals surface area contributed by atoms with Gasteiger partial charge in [-0.1, -0.05) is 35.9 Å². The fraction of sp³-hybridized carbons (Fsp3) is 0.350. The van der Waals surface area contributed by atoms with Gasteiger partial charge in [0.05, 0.1) is 6.61 Å². The summed E-state index contributed by atoms with van der Waals surface area (Å²) in [5, 5.41) is 0. The first kappa shape index (κ1) is 15.6. The van der Waals surface area contributed by atoms with Crippen molar-refractivity contribution in [2.45, 2.75) is 19.8 Å². The molecule has 1 aliphatic rings. The molecular formula is C20H23NO2. The Labute approximate surface area is 137 Å². The summed E-state index contributed by atoms with van der Waals surface area (Å²) in [6, 6.07) is 17.7. The standard InChI is InChI=1S/C20H23NO2/c1-16-7-5-9-18(13-16)20(22)21-12-6-8-17(14-21)15-23-19-10-3-2-4-11-19/h2-5,7,9-11,13,17H,6,8,12,14-15H2,1H3. The molecule has 1 heterocycles. The van der Waals surface area contributed by atoms with Gasteiger partial charge in [-0.3, -0.25) is 4.79 Å². The lowest BCUT2D eigenvalue weighted by Gasteiger charge is -2.32. The number of hydrogen-bond acceptors (Lipinski definition) is 2. The van der Waals surface area contributed by atoms with E-state index in [4.69, 9.17) is 4.74 Å². The number of benzene rings is 2. The molecule has 1 unspecified atom stereocenters. The molecule has 1 amide bonds. The summed E-state index contributed by atoms with van der Waals surface area (Å²) in [5.74, 6) is 1.44. The summed E-state index contributed by atoms with van der Waals surface area (Å²) < 4.78 is 5.86. The van der Waals surface area contributed by atoms with E-state index in [0.29, 0.717) is 12.5 Å². The molecule has 1 fully saturated rings. The van der Waals surface area contributed by atoms with Crippen LogP contribution in [0, 0.1) is 12.8 Å². The Bertz CT molecular complexity index is 654. The van der Waals surface area contributed by atoms with Gasteiger partial charge in [0, 0.05) is 24.6 Å². The van der Waals surface area contributed by atoms with Crippen LogP contribution in [0.25, 0.3) is 0 Å². The maximum atomic E-state index is 12.7. The third-order valence-corrected chi connectivity index (χ3v) is 4.30. The third kappa shape index (κ3) is 4.13. The Hall–Kier alpha value is -2.29. The Morgan fingerprint density at radius 3 is 2.78 bits per heavy atom. The van der Waals surface area contributed by atoms with Crippen LogP contribution in [0.4, 0.5) is 0 Å². The van der Waals surface area contributed by atoms with Crippen molar-refractivity contribution in [2.75, 3.05) is 19.7 Å². The highest BCUT2D eigenvalue weighted by molar-refractivity contribution is 5.94. The highest BCUT2D eigenvalue weighted by Crippen LogP contribution is 2.20. The van der Waals surface area contributed by atoms with Gasteiger partial charge in [-0.15, -0.1) is 0 Å². The van der Waals surface area contributed by atoms with Crippen LogP contribution in [0.3, 0.4) is 0 Å². The first-order valence-electron chi connectivity index (χ1n) is 8.26. The molecule has 1 aliphatic heterocycles. The normalized spacial score (nSPS) is 17.8. The molecule has 0 N–H and O–H groups in total. The number of carbonyl (C=O) groups is 1. The molecule has 0 aromatic heterocycles. The molecule has 0 radical (unpaired) electrons. The van der Waals surface area contributed by atoms with E-state index in [2.05, 4.69) is 0 Å². The van der Waals surface area contributed by atoms with Gasteiger partial charge < -0.3 is 9.64 Å². The van der Waals surface area contributed by atoms with E-state index in [1.807, 2.05) is 66.4 Å². The molecule has 1 saturated heterocycles. The van der Waals surface area contributed by atoms with Gasteiger partial charge in [0.1, 0.15) is 5.75 Å². The number of amides is 1. The number of likely N-dealkylation sites (tertiary alicyclic amines) is 1. The second-order valence-electron chi connectivity index (χ2n) is 6.25. The minimum Gasteiger partial charge on any atom is -0.493 e. The van der Waals surface area contributed by atoms with Gasteiger partial charge in [-0.25, -0.2) is 0 Å². The fourth-order valence-corrected chi connectivity index (χ4v) is 3.08. The molecule has 0 bridgehead atoms. The van der Waals surface area contributed by atoms with Gasteiger partial charge in [0.2, 0.25) is 0 Å². The predicted molar refractivity (Wildman–Crippen MR) is 91.7 cm³/mol. The average molecular weight is 309 g/mol. The molecular weight excluding hydrogens is 286 g/mol. The first-order valence-corrected chi connectivity index (χ1v) is 8.26. The minimum absolute atomic E-state index is 0.137. The van der Waals surface area contributed by atoms with E-state index in [-0.39, 0.29) is 5.91 Å². The predicted octanol–water partition coefficient (Wildman–Crippen LogP) is 3.93. The van der Waals surface area contributed by atoms with E-state index in [1.165, 1.54) is 0 Å². The fourth-order valence-electron chi connectivity index (χ4n) is 3.08. The van der Waals surface area contributed by atoms with Gasteiger partial charge in [-0.05, 0) is 44.0 Å². The third-order valence-electron chi connectivity index (χ3n) is 4.30. The van der Waals surface area contributed by atoms with Gasteiger partial charge in [0.25, 0.3) is 5.91 Å². The molecule has 2 aromatic rings. The lowest BCUT2D eigenvalue weighted by Crippen LogP contribution is -2.41. The zero-order valence-electron chi connectivity index (χ0n) is 13.6. The number of ether oxygens (including phenoxy) is 1. The number of rotatable bonds is 4. The van der Waals surface area contributed by atoms with E-state index < -0.39 is 0 Å². The first-order chi connectivity index (χ1) is 11.2. The van der Waals surface area contributed by atoms with Crippen LogP contribution in [-0.4, -0.2) is 30.5 Å². The van der Waals surface area contributed by atoms with E-state index >= 15 is 0 Å². The van der Waals surface area contributed by atoms with Gasteiger partial charge in [-0.2, -0.15) is 0 Å². The Morgan fingerprint density at radius 1 is 1.17 bits per heavy atom. The van der Waals surface area contributed by atoms with Crippen molar-refractivity contribution in [3.05, 3.63) is 65.7 Å². The van der Waals surface area contributed by atoms with Crippen LogP contribution in [0.15, 0.2) is 54.6 Å². The van der Waals surface area contributed by atoms with Crippen molar-refractivity contribution in [3.8, 4) is 5.75 Å². The molecule has 0 saturated carbocycles. The van der Waals surface area contributed by atoms with Crippen molar-refractivity contribution >= 4 is 5.91 Å². The minimum atomic E-state index is 0.137. The summed E-state index contributed by atoms with van der Waals surface area (Å²) in [6.45, 7) is 4.30. The highest BCUT2D eigenvalue weighted by atomic mass is 16.5. The van der Waals surface area contributed by atoms with Crippen LogP contribution in [0.2, 0.25) is 0 Å². The number of para-hydroxylation sites is 1. The summed E-state index contributed by atoms with van der Waals surface area (Å²) in [5.41, 5.74) is 1.91. The Kier molecular flexibility index (Phi) is 4.96. The molecule has 3 rings (SSSR count). The maximum Gasteiger partial charge on any atom is 0.253 e. The van der Waals surface area contributed by atoms with Crippen LogP contribution in [0.1, 0.15) is 28.8 Å². The molecule has 3 nitrogen and oxygen atoms in total. The Morgan fingerprint density at radius 2 is 2.00 bits per heavy atom. The molecule has 23 heavy (non-hydrogen) atoms. The van der Waals surface area contributed by atoms with Gasteiger partial charge >= 0.3 is 0 Å². The summed E-state index contributed by atoms with van der Waals surface area (Å²) >= 11 is 0.